The molecule has 0 bridgehead atoms. The molecular formula is C8H15NO. The first-order valence-corrected chi connectivity index (χ1v) is 3.77. The maximum absolute atomic E-state index is 5.50. The Hall–Kier alpha value is -0.340. The van der Waals surface area contributed by atoms with Crippen LogP contribution in [0.1, 0.15) is 13.8 Å². The summed E-state index contributed by atoms with van der Waals surface area (Å²) in [5.74, 6) is 0. The summed E-state index contributed by atoms with van der Waals surface area (Å²) in [6.45, 7) is 6.97. The van der Waals surface area contributed by atoms with Crippen LogP contribution in [-0.4, -0.2) is 25.8 Å². The second kappa shape index (κ2) is 3.74. The molecule has 0 aromatic heterocycles. The molecule has 0 atom stereocenters. The average Bonchev–Trinajstić information content (AvgIpc) is 1.84. The fourth-order valence-electron chi connectivity index (χ4n) is 0.713. The minimum absolute atomic E-state index is 0.467. The Bertz CT molecular complexity index is 127. The highest BCUT2D eigenvalue weighted by Gasteiger charge is 2.16. The molecule has 1 aliphatic rings. The molecule has 1 rings (SSSR count). The van der Waals surface area contributed by atoms with Gasteiger partial charge in [-0.05, 0) is 13.8 Å². The van der Waals surface area contributed by atoms with E-state index in [2.05, 4.69) is 18.3 Å². The summed E-state index contributed by atoms with van der Waals surface area (Å²) >= 11 is 0. The van der Waals surface area contributed by atoms with Crippen LogP contribution in [0.5, 0.6) is 0 Å². The molecule has 0 unspecified atom stereocenters. The lowest BCUT2D eigenvalue weighted by atomic mass is 10.2. The Balaban J connectivity index is 2.04. The van der Waals surface area contributed by atoms with E-state index in [0.29, 0.717) is 6.10 Å². The van der Waals surface area contributed by atoms with Crippen LogP contribution in [0, 0.1) is 0 Å². The number of allylic oxidation sites excluding steroid dienone is 1. The van der Waals surface area contributed by atoms with Gasteiger partial charge in [-0.25, -0.2) is 0 Å². The molecule has 0 amide bonds. The first-order valence-electron chi connectivity index (χ1n) is 3.77. The van der Waals surface area contributed by atoms with Gasteiger partial charge in [0.25, 0.3) is 0 Å². The largest absolute Gasteiger partial charge is 0.371 e. The van der Waals surface area contributed by atoms with Crippen LogP contribution < -0.4 is 5.32 Å². The molecule has 2 heteroatoms. The van der Waals surface area contributed by atoms with Gasteiger partial charge in [-0.2, -0.15) is 0 Å². The predicted molar refractivity (Wildman–Crippen MR) is 42.0 cm³/mol. The molecule has 1 aliphatic heterocycles. The van der Waals surface area contributed by atoms with Crippen molar-refractivity contribution in [1.82, 2.24) is 5.32 Å². The van der Waals surface area contributed by atoms with Gasteiger partial charge in [0, 0.05) is 13.1 Å². The van der Waals surface area contributed by atoms with Crippen LogP contribution in [-0.2, 0) is 4.74 Å². The van der Waals surface area contributed by atoms with Crippen molar-refractivity contribution in [3.8, 4) is 0 Å². The molecule has 0 aromatic carbocycles. The van der Waals surface area contributed by atoms with Crippen LogP contribution in [0.25, 0.3) is 0 Å². The van der Waals surface area contributed by atoms with Crippen LogP contribution in [0.2, 0.25) is 0 Å². The van der Waals surface area contributed by atoms with Crippen LogP contribution in [0.3, 0.4) is 0 Å². The number of ether oxygens (including phenoxy) is 1. The van der Waals surface area contributed by atoms with Crippen molar-refractivity contribution in [2.24, 2.45) is 0 Å². The van der Waals surface area contributed by atoms with E-state index in [1.165, 1.54) is 5.57 Å². The molecule has 1 fully saturated rings. The van der Waals surface area contributed by atoms with Gasteiger partial charge in [0.15, 0.2) is 0 Å². The summed E-state index contributed by atoms with van der Waals surface area (Å²) in [6, 6.07) is 0. The van der Waals surface area contributed by atoms with Crippen LogP contribution >= 0.6 is 0 Å². The molecular weight excluding hydrogens is 126 g/mol. The number of hydrogen-bond donors (Lipinski definition) is 1. The molecule has 0 radical (unpaired) electrons. The second-order valence-corrected chi connectivity index (χ2v) is 2.73. The molecule has 2 nitrogen and oxygen atoms in total. The molecule has 0 aliphatic carbocycles. The maximum Gasteiger partial charge on any atom is 0.0827 e. The van der Waals surface area contributed by atoms with Crippen molar-refractivity contribution in [3.05, 3.63) is 11.6 Å². The van der Waals surface area contributed by atoms with Crippen molar-refractivity contribution in [2.75, 3.05) is 19.7 Å². The molecule has 58 valence electrons. The summed E-state index contributed by atoms with van der Waals surface area (Å²) in [6.07, 6.45) is 2.56. The van der Waals surface area contributed by atoms with Gasteiger partial charge in [-0.1, -0.05) is 11.6 Å². The quantitative estimate of drug-likeness (QED) is 0.591. The summed E-state index contributed by atoms with van der Waals surface area (Å²) in [5.41, 5.74) is 1.31. The van der Waals surface area contributed by atoms with Crippen LogP contribution in [0.15, 0.2) is 11.6 Å². The lowest BCUT2D eigenvalue weighted by molar-refractivity contribution is 0.0326. The van der Waals surface area contributed by atoms with E-state index in [1.807, 2.05) is 6.92 Å². The zero-order valence-electron chi connectivity index (χ0n) is 6.68. The highest BCUT2D eigenvalue weighted by Crippen LogP contribution is 2.01. The van der Waals surface area contributed by atoms with Crippen LogP contribution in [0.4, 0.5) is 0 Å². The van der Waals surface area contributed by atoms with E-state index in [9.17, 15) is 0 Å². The number of nitrogens with one attached hydrogen (secondary N) is 1. The first kappa shape index (κ1) is 7.76. The topological polar surface area (TPSA) is 21.3 Å². The third-order valence-electron chi connectivity index (χ3n) is 1.78. The zero-order valence-corrected chi connectivity index (χ0v) is 6.68. The van der Waals surface area contributed by atoms with Gasteiger partial charge in [0.2, 0.25) is 0 Å². The van der Waals surface area contributed by atoms with Gasteiger partial charge in [-0.15, -0.1) is 0 Å². The third-order valence-corrected chi connectivity index (χ3v) is 1.78. The minimum atomic E-state index is 0.467. The average molecular weight is 141 g/mol. The second-order valence-electron chi connectivity index (χ2n) is 2.73. The first-order chi connectivity index (χ1) is 4.83. The van der Waals surface area contributed by atoms with E-state index >= 15 is 0 Å². The van der Waals surface area contributed by atoms with Crippen molar-refractivity contribution in [2.45, 2.75) is 20.0 Å². The monoisotopic (exact) mass is 141 g/mol. The molecule has 10 heavy (non-hydrogen) atoms. The maximum atomic E-state index is 5.50. The lowest BCUT2D eigenvalue weighted by Crippen LogP contribution is -2.48. The molecule has 0 aromatic rings. The molecule has 1 heterocycles. The van der Waals surface area contributed by atoms with Gasteiger partial charge in [0.1, 0.15) is 0 Å². The Labute approximate surface area is 62.3 Å². The van der Waals surface area contributed by atoms with Gasteiger partial charge < -0.3 is 10.1 Å². The summed E-state index contributed by atoms with van der Waals surface area (Å²) < 4.78 is 5.50. The normalized spacial score (nSPS) is 20.8. The number of rotatable bonds is 3. The molecule has 0 saturated carbocycles. The predicted octanol–water partition coefficient (Wildman–Crippen LogP) is 0.941. The molecule has 0 spiro atoms. The van der Waals surface area contributed by atoms with E-state index in [-0.39, 0.29) is 0 Å². The minimum Gasteiger partial charge on any atom is -0.371 e. The van der Waals surface area contributed by atoms with Gasteiger partial charge in [-0.3, -0.25) is 0 Å². The van der Waals surface area contributed by atoms with E-state index in [4.69, 9.17) is 4.74 Å². The molecule has 1 N–H and O–H groups in total. The standard InChI is InChI=1S/C8H15NO/c1-3-7(2)6-10-8-4-9-5-8/h3,8-9H,4-6H2,1-2H3/b7-3+. The van der Waals surface area contributed by atoms with E-state index in [1.54, 1.807) is 0 Å². The fourth-order valence-corrected chi connectivity index (χ4v) is 0.713. The van der Waals surface area contributed by atoms with Gasteiger partial charge in [0.05, 0.1) is 12.7 Å². The zero-order chi connectivity index (χ0) is 7.40. The van der Waals surface area contributed by atoms with E-state index in [0.717, 1.165) is 19.7 Å². The Morgan fingerprint density at radius 3 is 2.80 bits per heavy atom. The fraction of sp³-hybridized carbons (Fsp3) is 0.750. The van der Waals surface area contributed by atoms with Crippen molar-refractivity contribution in [3.63, 3.8) is 0 Å². The smallest absolute Gasteiger partial charge is 0.0827 e. The highest BCUT2D eigenvalue weighted by molar-refractivity contribution is 4.96. The van der Waals surface area contributed by atoms with Gasteiger partial charge >= 0.3 is 0 Å². The number of hydrogen-bond acceptors (Lipinski definition) is 2. The highest BCUT2D eigenvalue weighted by atomic mass is 16.5. The Kier molecular flexibility index (Phi) is 2.90. The van der Waals surface area contributed by atoms with Crippen molar-refractivity contribution >= 4 is 0 Å². The summed E-state index contributed by atoms with van der Waals surface area (Å²) in [4.78, 5) is 0. The summed E-state index contributed by atoms with van der Waals surface area (Å²) in [5, 5.41) is 3.16. The lowest BCUT2D eigenvalue weighted by Gasteiger charge is -2.27. The summed E-state index contributed by atoms with van der Waals surface area (Å²) in [7, 11) is 0. The Morgan fingerprint density at radius 2 is 2.40 bits per heavy atom. The van der Waals surface area contributed by atoms with Crippen molar-refractivity contribution in [1.29, 1.82) is 0 Å². The third kappa shape index (κ3) is 2.12. The Morgan fingerprint density at radius 1 is 1.70 bits per heavy atom. The van der Waals surface area contributed by atoms with E-state index < -0.39 is 0 Å². The molecule has 1 saturated heterocycles. The SMILES string of the molecule is C/C=C(\C)COC1CNC1. The van der Waals surface area contributed by atoms with Crippen molar-refractivity contribution < 1.29 is 4.74 Å².